The van der Waals surface area contributed by atoms with Gasteiger partial charge in [-0.05, 0) is 52.9 Å². The smallest absolute Gasteiger partial charge is 0.311 e. The Hall–Kier alpha value is -1.59. The van der Waals surface area contributed by atoms with Crippen LogP contribution in [0.25, 0.3) is 0 Å². The normalized spacial score (nSPS) is 12.6. The quantitative estimate of drug-likeness (QED) is 0.0536. The Kier molecular flexibility index (Phi) is 37.1. The van der Waals surface area contributed by atoms with Gasteiger partial charge in [-0.2, -0.15) is 0 Å². The lowest BCUT2D eigenvalue weighted by atomic mass is 9.75. The molecule has 0 heterocycles. The van der Waals surface area contributed by atoms with Gasteiger partial charge in [0.2, 0.25) is 0 Å². The molecular weight excluding hydrogens is 552 g/mol. The summed E-state index contributed by atoms with van der Waals surface area (Å²) in [4.78, 5) is 37.5. The first-order valence-electron chi connectivity index (χ1n) is 16.4. The number of esters is 3. The van der Waals surface area contributed by atoms with E-state index in [1.165, 1.54) is 104 Å². The van der Waals surface area contributed by atoms with Gasteiger partial charge in [0.1, 0.15) is 0 Å². The van der Waals surface area contributed by atoms with E-state index >= 15 is 0 Å². The van der Waals surface area contributed by atoms with Gasteiger partial charge in [-0.3, -0.25) is 14.4 Å². The van der Waals surface area contributed by atoms with Gasteiger partial charge in [0.05, 0.1) is 37.6 Å². The standard InChI is InChI=1S/C34H64O6.4CH4/c1-8-10-11-12-13-14-15-16-17-18-19-20-21-22-23-24-27-40-31(36)33(3,4)26-25-29(30(35)38-6)28-34(5,9-2)32(37)39-7;;;;/h29H,8-28H2,1-7H3;4*1H4. The molecule has 0 aromatic heterocycles. The van der Waals surface area contributed by atoms with Crippen LogP contribution in [0.1, 0.15) is 193 Å². The highest BCUT2D eigenvalue weighted by molar-refractivity contribution is 5.79. The van der Waals surface area contributed by atoms with Crippen molar-refractivity contribution in [1.82, 2.24) is 0 Å². The second-order valence-corrected chi connectivity index (χ2v) is 12.7. The molecule has 0 aliphatic carbocycles. The number of carbonyl (C=O) groups is 3. The van der Waals surface area contributed by atoms with Crippen molar-refractivity contribution in [2.75, 3.05) is 20.8 Å². The summed E-state index contributed by atoms with van der Waals surface area (Å²) in [6.45, 7) is 10.1. The molecule has 2 unspecified atom stereocenters. The Labute approximate surface area is 276 Å². The zero-order valence-electron chi connectivity index (χ0n) is 27.4. The molecule has 6 nitrogen and oxygen atoms in total. The zero-order valence-corrected chi connectivity index (χ0v) is 27.4. The molecule has 6 heteroatoms. The minimum Gasteiger partial charge on any atom is -0.469 e. The average Bonchev–Trinajstić information content (AvgIpc) is 2.95. The number of hydrogen-bond acceptors (Lipinski definition) is 6. The Balaban J connectivity index is -0.00000127. The number of ether oxygens (including phenoxy) is 3. The van der Waals surface area contributed by atoms with Crippen LogP contribution in [0.15, 0.2) is 0 Å². The summed E-state index contributed by atoms with van der Waals surface area (Å²) in [5, 5.41) is 0. The molecule has 0 aromatic rings. The van der Waals surface area contributed by atoms with Crippen LogP contribution in [0.4, 0.5) is 0 Å². The van der Waals surface area contributed by atoms with Crippen molar-refractivity contribution >= 4 is 17.9 Å². The van der Waals surface area contributed by atoms with Crippen LogP contribution in [-0.4, -0.2) is 38.7 Å². The lowest BCUT2D eigenvalue weighted by Gasteiger charge is -2.30. The SMILES string of the molecule is C.C.C.C.CCCCCCCCCCCCCCCCCCOC(=O)C(C)(C)CCC(CC(C)(CC)C(=O)OC)C(=O)OC. The molecular formula is C38H80O6. The van der Waals surface area contributed by atoms with Crippen LogP contribution in [0.2, 0.25) is 0 Å². The van der Waals surface area contributed by atoms with Crippen molar-refractivity contribution < 1.29 is 28.6 Å². The second-order valence-electron chi connectivity index (χ2n) is 12.7. The van der Waals surface area contributed by atoms with Gasteiger partial charge in [0.25, 0.3) is 0 Å². The van der Waals surface area contributed by atoms with E-state index in [1.807, 2.05) is 27.7 Å². The maximum Gasteiger partial charge on any atom is 0.311 e. The third kappa shape index (κ3) is 23.7. The first-order valence-corrected chi connectivity index (χ1v) is 16.4. The van der Waals surface area contributed by atoms with Crippen molar-refractivity contribution in [3.05, 3.63) is 0 Å². The zero-order chi connectivity index (χ0) is 30.3. The summed E-state index contributed by atoms with van der Waals surface area (Å²) >= 11 is 0. The monoisotopic (exact) mass is 633 g/mol. The van der Waals surface area contributed by atoms with Gasteiger partial charge < -0.3 is 14.2 Å². The van der Waals surface area contributed by atoms with Crippen molar-refractivity contribution in [2.45, 2.75) is 193 Å². The van der Waals surface area contributed by atoms with Gasteiger partial charge in [0.15, 0.2) is 0 Å². The minimum atomic E-state index is -0.772. The van der Waals surface area contributed by atoms with Crippen molar-refractivity contribution in [3.8, 4) is 0 Å². The predicted octanol–water partition coefficient (Wildman–Crippen LogP) is 11.9. The topological polar surface area (TPSA) is 78.9 Å². The van der Waals surface area contributed by atoms with Gasteiger partial charge in [0, 0.05) is 0 Å². The molecule has 0 aliphatic rings. The fourth-order valence-electron chi connectivity index (χ4n) is 5.28. The maximum absolute atomic E-state index is 12.8. The van der Waals surface area contributed by atoms with E-state index in [0.717, 1.165) is 12.8 Å². The number of hydrogen-bond donors (Lipinski definition) is 0. The van der Waals surface area contributed by atoms with Crippen LogP contribution in [0.3, 0.4) is 0 Å². The third-order valence-electron chi connectivity index (χ3n) is 8.59. The highest BCUT2D eigenvalue weighted by atomic mass is 16.5. The fourth-order valence-corrected chi connectivity index (χ4v) is 5.28. The van der Waals surface area contributed by atoms with E-state index in [-0.39, 0.29) is 47.6 Å². The van der Waals surface area contributed by atoms with Crippen molar-refractivity contribution in [2.24, 2.45) is 16.7 Å². The van der Waals surface area contributed by atoms with E-state index in [9.17, 15) is 14.4 Å². The highest BCUT2D eigenvalue weighted by Crippen LogP contribution is 2.36. The number of carbonyl (C=O) groups excluding carboxylic acids is 3. The number of rotatable bonds is 26. The molecule has 44 heavy (non-hydrogen) atoms. The van der Waals surface area contributed by atoms with Gasteiger partial charge in [-0.1, -0.05) is 140 Å². The van der Waals surface area contributed by atoms with E-state index < -0.39 is 16.7 Å². The Morgan fingerprint density at radius 3 is 1.36 bits per heavy atom. The molecule has 0 fully saturated rings. The van der Waals surface area contributed by atoms with E-state index in [4.69, 9.17) is 14.2 Å². The van der Waals surface area contributed by atoms with Crippen molar-refractivity contribution in [1.29, 1.82) is 0 Å². The summed E-state index contributed by atoms with van der Waals surface area (Å²) in [6.07, 6.45) is 22.8. The molecule has 0 saturated carbocycles. The molecule has 0 bridgehead atoms. The third-order valence-corrected chi connectivity index (χ3v) is 8.59. The Bertz CT molecular complexity index is 674. The largest absolute Gasteiger partial charge is 0.469 e. The van der Waals surface area contributed by atoms with E-state index in [2.05, 4.69) is 6.92 Å². The van der Waals surface area contributed by atoms with E-state index in [1.54, 1.807) is 0 Å². The van der Waals surface area contributed by atoms with Crippen LogP contribution < -0.4 is 0 Å². The summed E-state index contributed by atoms with van der Waals surface area (Å²) in [5.74, 6) is -1.41. The number of methoxy groups -OCH3 is 2. The lowest BCUT2D eigenvalue weighted by Crippen LogP contribution is -2.35. The van der Waals surface area contributed by atoms with Gasteiger partial charge in [-0.25, -0.2) is 0 Å². The van der Waals surface area contributed by atoms with Crippen LogP contribution in [-0.2, 0) is 28.6 Å². The van der Waals surface area contributed by atoms with Crippen molar-refractivity contribution in [3.63, 3.8) is 0 Å². The first-order chi connectivity index (χ1) is 19.1. The summed E-state index contributed by atoms with van der Waals surface area (Å²) in [6, 6.07) is 0. The Morgan fingerprint density at radius 2 is 1.00 bits per heavy atom. The van der Waals surface area contributed by atoms with Crippen LogP contribution in [0, 0.1) is 16.7 Å². The Morgan fingerprint density at radius 1 is 0.591 bits per heavy atom. The second kappa shape index (κ2) is 31.4. The molecule has 0 saturated heterocycles. The van der Waals surface area contributed by atoms with Crippen LogP contribution >= 0.6 is 0 Å². The molecule has 2 atom stereocenters. The molecule has 0 amide bonds. The summed E-state index contributed by atoms with van der Waals surface area (Å²) in [7, 11) is 2.72. The molecule has 0 aromatic carbocycles. The van der Waals surface area contributed by atoms with Crippen LogP contribution in [0.5, 0.6) is 0 Å². The molecule has 268 valence electrons. The van der Waals surface area contributed by atoms with E-state index in [0.29, 0.717) is 32.3 Å². The predicted molar refractivity (Wildman–Crippen MR) is 191 cm³/mol. The molecule has 0 aliphatic heterocycles. The highest BCUT2D eigenvalue weighted by Gasteiger charge is 2.39. The fraction of sp³-hybridized carbons (Fsp3) is 0.921. The molecule has 0 N–H and O–H groups in total. The molecule has 0 radical (unpaired) electrons. The average molecular weight is 633 g/mol. The molecule has 0 spiro atoms. The first kappa shape index (κ1) is 52.0. The lowest BCUT2D eigenvalue weighted by molar-refractivity contribution is -0.158. The van der Waals surface area contributed by atoms with Gasteiger partial charge in [-0.15, -0.1) is 0 Å². The maximum atomic E-state index is 12.8. The van der Waals surface area contributed by atoms with Gasteiger partial charge >= 0.3 is 17.9 Å². The number of unbranched alkanes of at least 4 members (excludes halogenated alkanes) is 15. The summed E-state index contributed by atoms with van der Waals surface area (Å²) in [5.41, 5.74) is -1.49. The minimum absolute atomic E-state index is 0. The summed E-state index contributed by atoms with van der Waals surface area (Å²) < 4.78 is 15.6. The molecule has 0 rings (SSSR count).